The Kier molecular flexibility index (Phi) is 3.45. The Morgan fingerprint density at radius 2 is 1.17 bits per heavy atom. The molecule has 4 aromatic rings. The predicted molar refractivity (Wildman–Crippen MR) is 122 cm³/mol. The molecule has 3 aromatic carbocycles. The van der Waals surface area contributed by atoms with Crippen LogP contribution in [-0.2, 0) is 0 Å². The average molecular weight is 302 g/mol. The van der Waals surface area contributed by atoms with Gasteiger partial charge >= 0.3 is 0 Å². The maximum Gasteiger partial charge on any atom is 0.139 e. The Morgan fingerprint density at radius 3 is 1.88 bits per heavy atom. The third kappa shape index (κ3) is 2.09. The molecule has 0 amide bonds. The average Bonchev–Trinajstić information content (AvgIpc) is 2.96. The van der Waals surface area contributed by atoms with Crippen LogP contribution >= 0.6 is 0 Å². The van der Waals surface area contributed by atoms with Gasteiger partial charge in [0.2, 0.25) is 0 Å². The van der Waals surface area contributed by atoms with E-state index >= 15 is 0 Å². The van der Waals surface area contributed by atoms with Gasteiger partial charge in [0, 0.05) is 21.8 Å². The molecule has 6 heteroatoms. The van der Waals surface area contributed by atoms with Crippen molar-refractivity contribution in [3.8, 4) is 11.1 Å². The highest BCUT2D eigenvalue weighted by atomic mass is 14.7. The minimum Gasteiger partial charge on any atom is -0.355 e. The molecule has 1 aromatic heterocycles. The van der Waals surface area contributed by atoms with E-state index in [0.29, 0.717) is 0 Å². The fourth-order valence-electron chi connectivity index (χ4n) is 3.94. The van der Waals surface area contributed by atoms with Crippen LogP contribution in [0.5, 0.6) is 0 Å². The normalized spacial score (nSPS) is 11.3. The van der Waals surface area contributed by atoms with E-state index in [4.69, 9.17) is 0 Å². The van der Waals surface area contributed by atoms with Crippen molar-refractivity contribution in [2.45, 2.75) is 0 Å². The van der Waals surface area contributed by atoms with E-state index in [9.17, 15) is 0 Å². The number of aromatic nitrogens is 1. The molecule has 0 bridgehead atoms. The number of para-hydroxylation sites is 1. The fourth-order valence-corrected chi connectivity index (χ4v) is 3.94. The molecule has 0 radical (unpaired) electrons. The molecule has 4 rings (SSSR count). The second-order valence-corrected chi connectivity index (χ2v) is 6.93. The molecule has 0 fully saturated rings. The first-order chi connectivity index (χ1) is 11.5. The first-order valence-corrected chi connectivity index (χ1v) is 8.57. The van der Waals surface area contributed by atoms with Crippen molar-refractivity contribution < 1.29 is 0 Å². The monoisotopic (exact) mass is 303 g/mol. The molecule has 1 N–H and O–H groups in total. The quantitative estimate of drug-likeness (QED) is 0.348. The van der Waals surface area contributed by atoms with E-state index in [1.165, 1.54) is 60.2 Å². The lowest BCUT2D eigenvalue weighted by atomic mass is 9.59. The summed E-state index contributed by atoms with van der Waals surface area (Å²) in [7, 11) is 11.2. The summed E-state index contributed by atoms with van der Waals surface area (Å²) in [4.78, 5) is 3.52. The zero-order valence-corrected chi connectivity index (χ0v) is 15.0. The van der Waals surface area contributed by atoms with Gasteiger partial charge in [0.05, 0.1) is 0 Å². The summed E-state index contributed by atoms with van der Waals surface area (Å²) in [6.07, 6.45) is 0. The maximum atomic E-state index is 3.52. The smallest absolute Gasteiger partial charge is 0.139 e. The lowest BCUT2D eigenvalue weighted by molar-refractivity contribution is 1.55. The van der Waals surface area contributed by atoms with Crippen LogP contribution in [-0.4, -0.2) is 44.2 Å². The van der Waals surface area contributed by atoms with Crippen LogP contribution in [0.25, 0.3) is 32.9 Å². The van der Waals surface area contributed by atoms with Gasteiger partial charge in [-0.2, -0.15) is 0 Å². The molecular formula is C18H18B5N. The van der Waals surface area contributed by atoms with Gasteiger partial charge in [-0.05, 0) is 29.3 Å². The Bertz CT molecular complexity index is 1080. The molecule has 0 saturated heterocycles. The van der Waals surface area contributed by atoms with E-state index < -0.39 is 0 Å². The van der Waals surface area contributed by atoms with Crippen molar-refractivity contribution in [2.75, 3.05) is 0 Å². The number of hydrogen-bond donors (Lipinski definition) is 1. The van der Waals surface area contributed by atoms with Gasteiger partial charge in [-0.1, -0.05) is 35.2 Å². The standard InChI is InChI=1S/C18H18B5N/c19-14-13(15(20)17(22)18(23)16(14)21)8-5-6-12-10(7-8)9-3-1-2-4-11(9)24-12/h1-7,24H,19-23H2. The lowest BCUT2D eigenvalue weighted by Gasteiger charge is -2.20. The summed E-state index contributed by atoms with van der Waals surface area (Å²) in [6, 6.07) is 15.3. The van der Waals surface area contributed by atoms with Crippen LogP contribution in [0, 0.1) is 0 Å². The number of fused-ring (bicyclic) bond motifs is 3. The minimum atomic E-state index is 1.20. The van der Waals surface area contributed by atoms with Crippen LogP contribution < -0.4 is 27.3 Å². The van der Waals surface area contributed by atoms with Crippen LogP contribution in [0.1, 0.15) is 0 Å². The molecule has 0 unspecified atom stereocenters. The molecule has 0 aliphatic carbocycles. The number of nitrogens with one attached hydrogen (secondary N) is 1. The van der Waals surface area contributed by atoms with E-state index in [0.717, 1.165) is 0 Å². The molecule has 110 valence electrons. The van der Waals surface area contributed by atoms with Gasteiger partial charge in [0.1, 0.15) is 39.2 Å². The summed E-state index contributed by atoms with van der Waals surface area (Å²) >= 11 is 0. The van der Waals surface area contributed by atoms with Crippen molar-refractivity contribution in [3.05, 3.63) is 42.5 Å². The molecule has 0 aliphatic rings. The third-order valence-electron chi connectivity index (χ3n) is 5.79. The Labute approximate surface area is 147 Å². The summed E-state index contributed by atoms with van der Waals surface area (Å²) in [6.45, 7) is 0. The maximum absolute atomic E-state index is 3.52. The van der Waals surface area contributed by atoms with Gasteiger partial charge in [-0.25, -0.2) is 0 Å². The second kappa shape index (κ2) is 5.41. The van der Waals surface area contributed by atoms with E-state index in [-0.39, 0.29) is 0 Å². The largest absolute Gasteiger partial charge is 0.355 e. The second-order valence-electron chi connectivity index (χ2n) is 6.93. The number of rotatable bonds is 1. The third-order valence-corrected chi connectivity index (χ3v) is 5.79. The van der Waals surface area contributed by atoms with Crippen molar-refractivity contribution in [3.63, 3.8) is 0 Å². The number of H-pyrrole nitrogens is 1. The number of hydrogen-bond acceptors (Lipinski definition) is 0. The highest BCUT2D eigenvalue weighted by Gasteiger charge is 2.14. The van der Waals surface area contributed by atoms with Crippen molar-refractivity contribution in [1.29, 1.82) is 0 Å². The topological polar surface area (TPSA) is 15.8 Å². The molecule has 1 heterocycles. The fraction of sp³-hybridized carbons (Fsp3) is 0. The van der Waals surface area contributed by atoms with Crippen LogP contribution in [0.15, 0.2) is 42.5 Å². The molecule has 0 atom stereocenters. The Hall–Kier alpha value is -2.22. The Balaban J connectivity index is 2.06. The first-order valence-electron chi connectivity index (χ1n) is 8.57. The van der Waals surface area contributed by atoms with Gasteiger partial charge in [0.25, 0.3) is 0 Å². The first kappa shape index (κ1) is 15.3. The van der Waals surface area contributed by atoms with Crippen LogP contribution in [0.2, 0.25) is 0 Å². The van der Waals surface area contributed by atoms with E-state index in [1.54, 1.807) is 0 Å². The molecule has 0 saturated carbocycles. The van der Waals surface area contributed by atoms with E-state index in [1.807, 2.05) is 0 Å². The van der Waals surface area contributed by atoms with Crippen molar-refractivity contribution >= 4 is 88.4 Å². The molecule has 24 heavy (non-hydrogen) atoms. The summed E-state index contributed by atoms with van der Waals surface area (Å²) < 4.78 is 0. The molecule has 0 spiro atoms. The van der Waals surface area contributed by atoms with Crippen LogP contribution in [0.4, 0.5) is 0 Å². The van der Waals surface area contributed by atoms with Crippen molar-refractivity contribution in [2.24, 2.45) is 0 Å². The highest BCUT2D eigenvalue weighted by Crippen LogP contribution is 2.28. The zero-order valence-electron chi connectivity index (χ0n) is 15.0. The van der Waals surface area contributed by atoms with E-state index in [2.05, 4.69) is 86.7 Å². The number of aromatic amines is 1. The zero-order chi connectivity index (χ0) is 17.0. The molecule has 0 aliphatic heterocycles. The lowest BCUT2D eigenvalue weighted by Crippen LogP contribution is -2.55. The van der Waals surface area contributed by atoms with Gasteiger partial charge in [-0.3, -0.25) is 0 Å². The summed E-state index contributed by atoms with van der Waals surface area (Å²) in [5.41, 5.74) is 12.1. The van der Waals surface area contributed by atoms with Crippen molar-refractivity contribution in [1.82, 2.24) is 4.98 Å². The SMILES string of the molecule is Bc1c(B)c(B)c(-c2ccc3[nH]c4ccccc4c3c2)c(B)c1B. The number of benzene rings is 3. The molecular weight excluding hydrogens is 284 g/mol. The summed E-state index contributed by atoms with van der Waals surface area (Å²) in [5, 5.41) is 2.60. The van der Waals surface area contributed by atoms with Gasteiger partial charge in [0.15, 0.2) is 0 Å². The van der Waals surface area contributed by atoms with Crippen LogP contribution in [0.3, 0.4) is 0 Å². The van der Waals surface area contributed by atoms with Gasteiger partial charge in [-0.15, -0.1) is 16.4 Å². The summed E-state index contributed by atoms with van der Waals surface area (Å²) in [5.74, 6) is 0. The minimum absolute atomic E-state index is 1.20. The Morgan fingerprint density at radius 1 is 0.583 bits per heavy atom. The highest BCUT2D eigenvalue weighted by molar-refractivity contribution is 6.68. The van der Waals surface area contributed by atoms with Gasteiger partial charge < -0.3 is 4.98 Å². The predicted octanol–water partition coefficient (Wildman–Crippen LogP) is -3.72. The molecule has 1 nitrogen and oxygen atoms in total.